The zero-order chi connectivity index (χ0) is 27.4. The molecule has 0 amide bonds. The lowest BCUT2D eigenvalue weighted by molar-refractivity contribution is 0.669. The highest BCUT2D eigenvalue weighted by Crippen LogP contribution is 2.42. The van der Waals surface area contributed by atoms with E-state index in [2.05, 4.69) is 109 Å². The number of imidazole rings is 1. The van der Waals surface area contributed by atoms with Crippen LogP contribution < -0.4 is 0 Å². The van der Waals surface area contributed by atoms with Gasteiger partial charge in [-0.1, -0.05) is 88.4 Å². The minimum absolute atomic E-state index is 0.264. The Balaban J connectivity index is 1.59. The van der Waals surface area contributed by atoms with Crippen LogP contribution in [0.3, 0.4) is 0 Å². The van der Waals surface area contributed by atoms with E-state index in [0.717, 1.165) is 50.2 Å². The van der Waals surface area contributed by atoms with Crippen LogP contribution >= 0.6 is 0 Å². The van der Waals surface area contributed by atoms with E-state index in [9.17, 15) is 0 Å². The summed E-state index contributed by atoms with van der Waals surface area (Å²) in [4.78, 5) is 5.16. The molecule has 3 heterocycles. The van der Waals surface area contributed by atoms with Crippen LogP contribution in [0.4, 0.5) is 0 Å². The second-order valence-corrected chi connectivity index (χ2v) is 11.0. The summed E-state index contributed by atoms with van der Waals surface area (Å²) in [5.74, 6) is 1.33. The van der Waals surface area contributed by atoms with Gasteiger partial charge in [-0.2, -0.15) is 5.10 Å². The molecule has 0 fully saturated rings. The molecular weight excluding hydrogens is 492 g/mol. The normalized spacial score (nSPS) is 11.9. The van der Waals surface area contributed by atoms with Crippen molar-refractivity contribution >= 4 is 33.1 Å². The maximum atomic E-state index is 6.47. The Kier molecular flexibility index (Phi) is 5.74. The van der Waals surface area contributed by atoms with E-state index in [1.165, 1.54) is 22.3 Å². The number of benzene rings is 4. The first-order valence-corrected chi connectivity index (χ1v) is 13.9. The topological polar surface area (TPSA) is 56.7 Å². The lowest BCUT2D eigenvalue weighted by atomic mass is 9.88. The summed E-state index contributed by atoms with van der Waals surface area (Å²) in [6.45, 7) is 9.01. The molecule has 5 heteroatoms. The molecule has 40 heavy (non-hydrogen) atoms. The molecular formula is C35H30N4O. The Morgan fingerprint density at radius 1 is 0.700 bits per heavy atom. The number of hydrogen-bond acceptors (Lipinski definition) is 4. The Labute approximate surface area is 233 Å². The summed E-state index contributed by atoms with van der Waals surface area (Å²) in [5, 5.41) is 11.1. The molecule has 0 radical (unpaired) electrons. The second-order valence-electron chi connectivity index (χ2n) is 11.0. The second kappa shape index (κ2) is 9.45. The van der Waals surface area contributed by atoms with Gasteiger partial charge >= 0.3 is 0 Å². The van der Waals surface area contributed by atoms with Crippen LogP contribution in [-0.2, 0) is 0 Å². The number of furan rings is 1. The van der Waals surface area contributed by atoms with Crippen LogP contribution in [0.5, 0.6) is 0 Å². The van der Waals surface area contributed by atoms with E-state index in [1.807, 2.05) is 24.3 Å². The Morgan fingerprint density at radius 2 is 1.40 bits per heavy atom. The predicted molar refractivity (Wildman–Crippen MR) is 163 cm³/mol. The molecule has 0 aliphatic carbocycles. The van der Waals surface area contributed by atoms with E-state index >= 15 is 0 Å². The molecule has 0 N–H and O–H groups in total. The van der Waals surface area contributed by atoms with Gasteiger partial charge in [-0.05, 0) is 64.4 Å². The number of fused-ring (bicyclic) bond motifs is 4. The molecule has 5 nitrogen and oxygen atoms in total. The molecule has 0 bridgehead atoms. The molecule has 0 spiro atoms. The molecule has 0 unspecified atom stereocenters. The molecule has 0 saturated heterocycles. The molecule has 0 aliphatic rings. The molecule has 7 aromatic rings. The highest BCUT2D eigenvalue weighted by Gasteiger charge is 2.26. The van der Waals surface area contributed by atoms with E-state index in [0.29, 0.717) is 0 Å². The molecule has 7 rings (SSSR count). The van der Waals surface area contributed by atoms with Crippen LogP contribution in [0.15, 0.2) is 102 Å². The smallest absolute Gasteiger partial charge is 0.187 e. The van der Waals surface area contributed by atoms with Gasteiger partial charge in [-0.3, -0.25) is 4.57 Å². The van der Waals surface area contributed by atoms with E-state index in [4.69, 9.17) is 9.40 Å². The quantitative estimate of drug-likeness (QED) is 0.226. The summed E-state index contributed by atoms with van der Waals surface area (Å²) in [7, 11) is 0. The van der Waals surface area contributed by atoms with Gasteiger partial charge in [-0.25, -0.2) is 4.98 Å². The van der Waals surface area contributed by atoms with Crippen LogP contribution in [0.2, 0.25) is 0 Å². The van der Waals surface area contributed by atoms with Gasteiger partial charge in [0.1, 0.15) is 16.7 Å². The van der Waals surface area contributed by atoms with Crippen LogP contribution in [0, 0.1) is 0 Å². The monoisotopic (exact) mass is 522 g/mol. The van der Waals surface area contributed by atoms with E-state index in [-0.39, 0.29) is 11.8 Å². The van der Waals surface area contributed by atoms with Crippen molar-refractivity contribution in [1.82, 2.24) is 19.7 Å². The maximum absolute atomic E-state index is 6.47. The van der Waals surface area contributed by atoms with Crippen molar-refractivity contribution < 1.29 is 4.42 Å². The van der Waals surface area contributed by atoms with Crippen molar-refractivity contribution in [3.05, 3.63) is 108 Å². The lowest BCUT2D eigenvalue weighted by Gasteiger charge is -2.24. The third-order valence-corrected chi connectivity index (χ3v) is 7.72. The van der Waals surface area contributed by atoms with E-state index < -0.39 is 0 Å². The van der Waals surface area contributed by atoms with Gasteiger partial charge in [0.05, 0.1) is 17.4 Å². The predicted octanol–water partition coefficient (Wildman–Crippen LogP) is 9.30. The highest BCUT2D eigenvalue weighted by atomic mass is 16.3. The zero-order valence-electron chi connectivity index (χ0n) is 23.1. The number of para-hydroxylation sites is 2. The summed E-state index contributed by atoms with van der Waals surface area (Å²) >= 11 is 0. The SMILES string of the molecule is CC(C)c1cc(-c2ccccc2)cc(C(C)C)c1-n1c(-c2cccc3c2oc2ccccc23)nc2ccnnc21. The van der Waals surface area contributed by atoms with Crippen molar-refractivity contribution in [2.24, 2.45) is 0 Å². The van der Waals surface area contributed by atoms with Crippen LogP contribution in [0.25, 0.3) is 61.3 Å². The minimum atomic E-state index is 0.264. The van der Waals surface area contributed by atoms with Crippen LogP contribution in [0.1, 0.15) is 50.7 Å². The first-order chi connectivity index (χ1) is 19.5. The molecule has 0 aliphatic heterocycles. The molecule has 196 valence electrons. The Morgan fingerprint density at radius 3 is 2.15 bits per heavy atom. The van der Waals surface area contributed by atoms with Crippen molar-refractivity contribution in [2.75, 3.05) is 0 Å². The Hall–Kier alpha value is -4.77. The third kappa shape index (κ3) is 3.81. The fourth-order valence-electron chi connectivity index (χ4n) is 5.76. The molecule has 0 atom stereocenters. The lowest BCUT2D eigenvalue weighted by Crippen LogP contribution is -2.10. The number of hydrogen-bond donors (Lipinski definition) is 0. The van der Waals surface area contributed by atoms with Gasteiger partial charge in [0.25, 0.3) is 0 Å². The average molecular weight is 523 g/mol. The van der Waals surface area contributed by atoms with Crippen molar-refractivity contribution in [2.45, 2.75) is 39.5 Å². The fourth-order valence-corrected chi connectivity index (χ4v) is 5.76. The van der Waals surface area contributed by atoms with Crippen molar-refractivity contribution in [1.29, 1.82) is 0 Å². The average Bonchev–Trinajstić information content (AvgIpc) is 3.55. The van der Waals surface area contributed by atoms with Gasteiger partial charge in [0.2, 0.25) is 0 Å². The number of nitrogens with zero attached hydrogens (tertiary/aromatic N) is 4. The van der Waals surface area contributed by atoms with Gasteiger partial charge in [0.15, 0.2) is 11.5 Å². The summed E-state index contributed by atoms with van der Waals surface area (Å²) in [6.07, 6.45) is 1.70. The van der Waals surface area contributed by atoms with Crippen molar-refractivity contribution in [3.8, 4) is 28.2 Å². The Bertz CT molecular complexity index is 1990. The number of aromatic nitrogens is 4. The largest absolute Gasteiger partial charge is 0.455 e. The van der Waals surface area contributed by atoms with Gasteiger partial charge in [0, 0.05) is 10.8 Å². The standard InChI is InChI=1S/C35H30N4O/c1-21(2)28-19-24(23-11-6-5-7-12-23)20-29(22(3)4)32(28)39-34(37-30-17-18-36-38-35(30)39)27-15-10-14-26-25-13-8-9-16-31(25)40-33(26)27/h5-22H,1-4H3. The summed E-state index contributed by atoms with van der Waals surface area (Å²) in [5.41, 5.74) is 10.2. The minimum Gasteiger partial charge on any atom is -0.455 e. The van der Waals surface area contributed by atoms with Gasteiger partial charge in [-0.15, -0.1) is 5.10 Å². The third-order valence-electron chi connectivity index (χ3n) is 7.72. The van der Waals surface area contributed by atoms with Crippen LogP contribution in [-0.4, -0.2) is 19.7 Å². The molecule has 4 aromatic carbocycles. The van der Waals surface area contributed by atoms with E-state index in [1.54, 1.807) is 6.20 Å². The number of rotatable bonds is 5. The zero-order valence-corrected chi connectivity index (χ0v) is 23.1. The summed E-state index contributed by atoms with van der Waals surface area (Å²) in [6, 6.07) is 31.7. The van der Waals surface area contributed by atoms with Crippen molar-refractivity contribution in [3.63, 3.8) is 0 Å². The molecule has 3 aromatic heterocycles. The first kappa shape index (κ1) is 24.3. The van der Waals surface area contributed by atoms with Gasteiger partial charge < -0.3 is 4.42 Å². The highest BCUT2D eigenvalue weighted by molar-refractivity contribution is 6.09. The maximum Gasteiger partial charge on any atom is 0.187 e. The fraction of sp³-hybridized carbons (Fsp3) is 0.171. The first-order valence-electron chi connectivity index (χ1n) is 13.9. The molecule has 0 saturated carbocycles. The summed E-state index contributed by atoms with van der Waals surface area (Å²) < 4.78 is 8.68.